The third kappa shape index (κ3) is 4.08. The Balaban J connectivity index is 1.89. The Morgan fingerprint density at radius 2 is 1.90 bits per heavy atom. The summed E-state index contributed by atoms with van der Waals surface area (Å²) in [5, 5.41) is 2.70. The number of nitrogens with one attached hydrogen (secondary N) is 1. The summed E-state index contributed by atoms with van der Waals surface area (Å²) in [6.07, 6.45) is 6.48. The Bertz CT molecular complexity index is 555. The Labute approximate surface area is 133 Å². The molecule has 1 fully saturated rings. The molecule has 0 bridgehead atoms. The van der Waals surface area contributed by atoms with Crippen molar-refractivity contribution >= 4 is 27.7 Å². The van der Waals surface area contributed by atoms with E-state index in [0.717, 1.165) is 4.47 Å². The number of terminal acetylenes is 1. The fraction of sp³-hybridized carbons (Fsp3) is 0.375. The van der Waals surface area contributed by atoms with E-state index in [1.165, 1.54) is 0 Å². The van der Waals surface area contributed by atoms with Crippen LogP contribution in [0.4, 0.5) is 0 Å². The van der Waals surface area contributed by atoms with Crippen molar-refractivity contribution in [2.24, 2.45) is 5.92 Å². The lowest BCUT2D eigenvalue weighted by Crippen LogP contribution is -2.43. The van der Waals surface area contributed by atoms with Crippen molar-refractivity contribution in [1.82, 2.24) is 10.2 Å². The van der Waals surface area contributed by atoms with Crippen LogP contribution in [-0.2, 0) is 4.79 Å². The second-order valence-electron chi connectivity index (χ2n) is 5.00. The molecule has 0 radical (unpaired) electrons. The summed E-state index contributed by atoms with van der Waals surface area (Å²) in [5.41, 5.74) is 0.674. The predicted molar refractivity (Wildman–Crippen MR) is 84.6 cm³/mol. The number of likely N-dealkylation sites (tertiary alicyclic amines) is 1. The largest absolute Gasteiger partial charge is 0.345 e. The zero-order chi connectivity index (χ0) is 15.2. The molecule has 1 aliphatic rings. The van der Waals surface area contributed by atoms with Crippen LogP contribution >= 0.6 is 15.9 Å². The Hall–Kier alpha value is -1.80. The van der Waals surface area contributed by atoms with Gasteiger partial charge in [-0.05, 0) is 37.1 Å². The summed E-state index contributed by atoms with van der Waals surface area (Å²) in [6.45, 7) is 1.46. The van der Waals surface area contributed by atoms with Crippen LogP contribution in [0.15, 0.2) is 28.7 Å². The van der Waals surface area contributed by atoms with Gasteiger partial charge in [0.25, 0.3) is 5.91 Å². The highest BCUT2D eigenvalue weighted by Crippen LogP contribution is 2.20. The molecule has 0 atom stereocenters. The highest BCUT2D eigenvalue weighted by Gasteiger charge is 2.27. The molecular formula is C16H17BrN2O2. The number of carbonyl (C=O) groups excluding carboxylic acids is 2. The van der Waals surface area contributed by atoms with Crippen molar-refractivity contribution in [3.8, 4) is 12.3 Å². The first-order valence-electron chi connectivity index (χ1n) is 6.88. The lowest BCUT2D eigenvalue weighted by molar-refractivity contribution is -0.126. The fourth-order valence-corrected chi connectivity index (χ4v) is 2.67. The van der Waals surface area contributed by atoms with Crippen LogP contribution in [0.1, 0.15) is 23.2 Å². The molecule has 1 N–H and O–H groups in total. The second-order valence-corrected chi connectivity index (χ2v) is 5.91. The van der Waals surface area contributed by atoms with Crippen molar-refractivity contribution in [1.29, 1.82) is 0 Å². The van der Waals surface area contributed by atoms with Gasteiger partial charge in [-0.2, -0.15) is 0 Å². The van der Waals surface area contributed by atoms with E-state index >= 15 is 0 Å². The maximum absolute atomic E-state index is 12.3. The van der Waals surface area contributed by atoms with E-state index in [1.54, 1.807) is 17.0 Å². The fourth-order valence-electron chi connectivity index (χ4n) is 2.40. The standard InChI is InChI=1S/C16H17BrN2O2/c1-2-9-18-15(20)12-7-10-19(11-8-12)16(21)13-3-5-14(17)6-4-13/h1,3-6,12H,7-11H2,(H,18,20). The molecule has 0 aliphatic carbocycles. The van der Waals surface area contributed by atoms with E-state index in [2.05, 4.69) is 27.2 Å². The van der Waals surface area contributed by atoms with Gasteiger partial charge in [0.1, 0.15) is 0 Å². The maximum Gasteiger partial charge on any atom is 0.253 e. The molecule has 4 nitrogen and oxygen atoms in total. The number of halogens is 1. The molecule has 0 saturated carbocycles. The van der Waals surface area contributed by atoms with Crippen LogP contribution in [0.25, 0.3) is 0 Å². The molecule has 21 heavy (non-hydrogen) atoms. The SMILES string of the molecule is C#CCNC(=O)C1CCN(C(=O)c2ccc(Br)cc2)CC1. The van der Waals surface area contributed by atoms with E-state index < -0.39 is 0 Å². The first-order valence-corrected chi connectivity index (χ1v) is 7.67. The first kappa shape index (κ1) is 15.6. The minimum Gasteiger partial charge on any atom is -0.345 e. The quantitative estimate of drug-likeness (QED) is 0.850. The van der Waals surface area contributed by atoms with E-state index in [4.69, 9.17) is 6.42 Å². The van der Waals surface area contributed by atoms with Crippen LogP contribution in [0.3, 0.4) is 0 Å². The summed E-state index contributed by atoms with van der Waals surface area (Å²) >= 11 is 3.35. The van der Waals surface area contributed by atoms with E-state index in [1.807, 2.05) is 12.1 Å². The molecular weight excluding hydrogens is 332 g/mol. The lowest BCUT2D eigenvalue weighted by atomic mass is 9.95. The van der Waals surface area contributed by atoms with Gasteiger partial charge in [0.2, 0.25) is 5.91 Å². The molecule has 1 heterocycles. The van der Waals surface area contributed by atoms with E-state index in [9.17, 15) is 9.59 Å². The van der Waals surface area contributed by atoms with E-state index in [-0.39, 0.29) is 24.3 Å². The average Bonchev–Trinajstić information content (AvgIpc) is 2.53. The molecule has 1 aromatic carbocycles. The van der Waals surface area contributed by atoms with Gasteiger partial charge >= 0.3 is 0 Å². The second kappa shape index (κ2) is 7.28. The molecule has 0 spiro atoms. The number of piperidine rings is 1. The van der Waals surface area contributed by atoms with E-state index in [0.29, 0.717) is 31.5 Å². The molecule has 2 amide bonds. The number of nitrogens with zero attached hydrogens (tertiary/aromatic N) is 1. The lowest BCUT2D eigenvalue weighted by Gasteiger charge is -2.31. The smallest absolute Gasteiger partial charge is 0.253 e. The highest BCUT2D eigenvalue weighted by molar-refractivity contribution is 9.10. The number of carbonyl (C=O) groups is 2. The van der Waals surface area contributed by atoms with Crippen LogP contribution in [0.2, 0.25) is 0 Å². The minimum atomic E-state index is -0.0488. The van der Waals surface area contributed by atoms with Gasteiger partial charge in [0.05, 0.1) is 6.54 Å². The molecule has 110 valence electrons. The molecule has 1 saturated heterocycles. The number of hydrogen-bond acceptors (Lipinski definition) is 2. The summed E-state index contributed by atoms with van der Waals surface area (Å²) in [6, 6.07) is 7.32. The highest BCUT2D eigenvalue weighted by atomic mass is 79.9. The Kier molecular flexibility index (Phi) is 5.40. The van der Waals surface area contributed by atoms with Crippen molar-refractivity contribution in [3.05, 3.63) is 34.3 Å². The monoisotopic (exact) mass is 348 g/mol. The van der Waals surface area contributed by atoms with Gasteiger partial charge in [0, 0.05) is 29.0 Å². The summed E-state index contributed by atoms with van der Waals surface area (Å²) in [4.78, 5) is 26.0. The number of benzene rings is 1. The average molecular weight is 349 g/mol. The topological polar surface area (TPSA) is 49.4 Å². The Morgan fingerprint density at radius 3 is 2.48 bits per heavy atom. The summed E-state index contributed by atoms with van der Waals surface area (Å²) in [5.74, 6) is 2.35. The molecule has 5 heteroatoms. The third-order valence-electron chi connectivity index (χ3n) is 3.61. The van der Waals surface area contributed by atoms with Crippen LogP contribution in [0.5, 0.6) is 0 Å². The van der Waals surface area contributed by atoms with Gasteiger partial charge in [0.15, 0.2) is 0 Å². The summed E-state index contributed by atoms with van der Waals surface area (Å²) < 4.78 is 0.947. The zero-order valence-corrected chi connectivity index (χ0v) is 13.2. The van der Waals surface area contributed by atoms with Crippen molar-refractivity contribution < 1.29 is 9.59 Å². The first-order chi connectivity index (χ1) is 10.1. The Morgan fingerprint density at radius 1 is 1.29 bits per heavy atom. The third-order valence-corrected chi connectivity index (χ3v) is 4.14. The number of rotatable bonds is 3. The molecule has 1 aromatic rings. The van der Waals surface area contributed by atoms with Gasteiger partial charge < -0.3 is 10.2 Å². The van der Waals surface area contributed by atoms with Crippen LogP contribution in [-0.4, -0.2) is 36.3 Å². The number of amides is 2. The van der Waals surface area contributed by atoms with Crippen LogP contribution in [0, 0.1) is 18.3 Å². The predicted octanol–water partition coefficient (Wildman–Crippen LogP) is 2.05. The van der Waals surface area contributed by atoms with Crippen molar-refractivity contribution in [2.75, 3.05) is 19.6 Å². The van der Waals surface area contributed by atoms with Crippen LogP contribution < -0.4 is 5.32 Å². The zero-order valence-electron chi connectivity index (χ0n) is 11.6. The molecule has 0 aromatic heterocycles. The molecule has 2 rings (SSSR count). The summed E-state index contributed by atoms with van der Waals surface area (Å²) in [7, 11) is 0. The minimum absolute atomic E-state index is 0.0105. The van der Waals surface area contributed by atoms with Gasteiger partial charge in [-0.3, -0.25) is 9.59 Å². The van der Waals surface area contributed by atoms with Gasteiger partial charge in [-0.25, -0.2) is 0 Å². The molecule has 0 unspecified atom stereocenters. The number of hydrogen-bond donors (Lipinski definition) is 1. The van der Waals surface area contributed by atoms with Gasteiger partial charge in [-0.15, -0.1) is 6.42 Å². The van der Waals surface area contributed by atoms with Crippen molar-refractivity contribution in [2.45, 2.75) is 12.8 Å². The molecule has 1 aliphatic heterocycles. The van der Waals surface area contributed by atoms with Crippen molar-refractivity contribution in [3.63, 3.8) is 0 Å². The van der Waals surface area contributed by atoms with Gasteiger partial charge in [-0.1, -0.05) is 21.9 Å². The maximum atomic E-state index is 12.3. The normalized spacial score (nSPS) is 15.3.